The van der Waals surface area contributed by atoms with E-state index in [1.165, 1.54) is 12.8 Å². The Kier molecular flexibility index (Phi) is 21.7. The van der Waals surface area contributed by atoms with Gasteiger partial charge in [0.1, 0.15) is 0 Å². The van der Waals surface area contributed by atoms with Crippen LogP contribution in [0.25, 0.3) is 0 Å². The largest absolute Gasteiger partial charge is 4.00 e. The minimum atomic E-state index is 0. The van der Waals surface area contributed by atoms with Gasteiger partial charge in [-0.3, -0.25) is 0 Å². The minimum absolute atomic E-state index is 0. The fourth-order valence-corrected chi connectivity index (χ4v) is 1.02. The van der Waals surface area contributed by atoms with Crippen LogP contribution in [-0.4, -0.2) is 25.0 Å². The van der Waals surface area contributed by atoms with Gasteiger partial charge in [-0.1, -0.05) is 12.2 Å². The average Bonchev–Trinajstić information content (AvgIpc) is 2.12. The predicted molar refractivity (Wildman–Crippen MR) is 55.1 cm³/mol. The molecule has 2 heteroatoms. The number of nitrogens with zero attached hydrogens (tertiary/aromatic N) is 1. The summed E-state index contributed by atoms with van der Waals surface area (Å²) in [4.78, 5) is 2.28. The van der Waals surface area contributed by atoms with Crippen molar-refractivity contribution >= 4 is 0 Å². The molecule has 0 aromatic rings. The normalized spacial score (nSPS) is 13.9. The molecule has 0 unspecified atom stereocenters. The van der Waals surface area contributed by atoms with E-state index in [4.69, 9.17) is 0 Å². The van der Waals surface area contributed by atoms with E-state index in [-0.39, 0.29) is 43.3 Å². The van der Waals surface area contributed by atoms with Gasteiger partial charge in [0, 0.05) is 6.04 Å². The van der Waals surface area contributed by atoms with Crippen molar-refractivity contribution in [2.24, 2.45) is 0 Å². The van der Waals surface area contributed by atoms with E-state index in [2.05, 4.69) is 31.1 Å². The van der Waals surface area contributed by atoms with E-state index >= 15 is 0 Å². The topological polar surface area (TPSA) is 3.24 Å². The SMILES string of the molecule is CN(C)C1CC=CC1.[CH3-].[CH3-].[CH3-].[Pt+4]. The first-order valence-corrected chi connectivity index (χ1v) is 3.12. The molecule has 76 valence electrons. The van der Waals surface area contributed by atoms with Crippen LogP contribution in [0, 0.1) is 22.3 Å². The maximum Gasteiger partial charge on any atom is 4.00 e. The Morgan fingerprint density at radius 3 is 1.50 bits per heavy atom. The molecule has 1 aliphatic rings. The van der Waals surface area contributed by atoms with Crippen molar-refractivity contribution in [2.45, 2.75) is 18.9 Å². The first-order valence-electron chi connectivity index (χ1n) is 3.12. The molecule has 0 bridgehead atoms. The quantitative estimate of drug-likeness (QED) is 0.519. The molecule has 1 aliphatic carbocycles. The average molecular weight is 351 g/mol. The Balaban J connectivity index is -0.0000000800. The third-order valence-electron chi connectivity index (χ3n) is 1.71. The van der Waals surface area contributed by atoms with Gasteiger partial charge in [-0.25, -0.2) is 0 Å². The second-order valence-electron chi connectivity index (χ2n) is 2.56. The van der Waals surface area contributed by atoms with E-state index in [1.807, 2.05) is 0 Å². The molecular weight excluding hydrogens is 329 g/mol. The Morgan fingerprint density at radius 2 is 1.33 bits per heavy atom. The summed E-state index contributed by atoms with van der Waals surface area (Å²) in [5.74, 6) is 0. The fourth-order valence-electron chi connectivity index (χ4n) is 1.02. The van der Waals surface area contributed by atoms with Crippen molar-refractivity contribution in [1.29, 1.82) is 0 Å². The van der Waals surface area contributed by atoms with Gasteiger partial charge in [-0.2, -0.15) is 0 Å². The molecule has 0 saturated heterocycles. The first kappa shape index (κ1) is 22.8. The summed E-state index contributed by atoms with van der Waals surface area (Å²) >= 11 is 0. The maximum absolute atomic E-state index is 2.28. The van der Waals surface area contributed by atoms with Gasteiger partial charge in [-0.15, -0.1) is 0 Å². The number of rotatable bonds is 1. The summed E-state index contributed by atoms with van der Waals surface area (Å²) in [6, 6.07) is 0.787. The van der Waals surface area contributed by atoms with Crippen LogP contribution in [0.4, 0.5) is 0 Å². The van der Waals surface area contributed by atoms with E-state index in [0.29, 0.717) is 0 Å². The summed E-state index contributed by atoms with van der Waals surface area (Å²) in [5, 5.41) is 0. The molecule has 12 heavy (non-hydrogen) atoms. The molecule has 0 radical (unpaired) electrons. The van der Waals surface area contributed by atoms with Crippen LogP contribution in [-0.2, 0) is 21.1 Å². The summed E-state index contributed by atoms with van der Waals surface area (Å²) in [6.07, 6.45) is 7.00. The van der Waals surface area contributed by atoms with Crippen LogP contribution in [0.1, 0.15) is 12.8 Å². The predicted octanol–water partition coefficient (Wildman–Crippen LogP) is 2.61. The van der Waals surface area contributed by atoms with Gasteiger partial charge in [0.05, 0.1) is 0 Å². The van der Waals surface area contributed by atoms with Crippen LogP contribution in [0.5, 0.6) is 0 Å². The van der Waals surface area contributed by atoms with E-state index in [9.17, 15) is 0 Å². The smallest absolute Gasteiger partial charge is 0.358 e. The zero-order valence-corrected chi connectivity index (χ0v) is 11.2. The molecule has 0 aromatic carbocycles. The van der Waals surface area contributed by atoms with Crippen LogP contribution in [0.15, 0.2) is 12.2 Å². The van der Waals surface area contributed by atoms with E-state index in [0.717, 1.165) is 6.04 Å². The Hall–Kier alpha value is 0.388. The molecule has 0 aromatic heterocycles. The standard InChI is InChI=1S/C7H13N.3CH3.Pt/c1-8(2)7-5-3-4-6-7;;;;/h3-4,7H,5-6H2,1-2H3;3*1H3;/q;3*-1;+4. The molecule has 1 rings (SSSR count). The molecule has 0 saturated carbocycles. The molecule has 0 amide bonds. The van der Waals surface area contributed by atoms with Gasteiger partial charge in [0.15, 0.2) is 0 Å². The van der Waals surface area contributed by atoms with Crippen molar-refractivity contribution in [3.8, 4) is 0 Å². The summed E-state index contributed by atoms with van der Waals surface area (Å²) in [6.45, 7) is 0. The second-order valence-corrected chi connectivity index (χ2v) is 2.56. The first-order chi connectivity index (χ1) is 3.80. The molecule has 0 fully saturated rings. The zero-order chi connectivity index (χ0) is 5.98. The van der Waals surface area contributed by atoms with Crippen molar-refractivity contribution in [3.63, 3.8) is 0 Å². The third kappa shape index (κ3) is 7.06. The van der Waals surface area contributed by atoms with Crippen molar-refractivity contribution < 1.29 is 21.1 Å². The van der Waals surface area contributed by atoms with Crippen molar-refractivity contribution in [2.75, 3.05) is 14.1 Å². The number of hydrogen-bond donors (Lipinski definition) is 0. The van der Waals surface area contributed by atoms with Crippen LogP contribution >= 0.6 is 0 Å². The molecule has 0 atom stereocenters. The van der Waals surface area contributed by atoms with Crippen LogP contribution in [0.3, 0.4) is 0 Å². The molecule has 0 aliphatic heterocycles. The second kappa shape index (κ2) is 11.4. The molecule has 0 spiro atoms. The van der Waals surface area contributed by atoms with Gasteiger partial charge < -0.3 is 27.2 Å². The molecular formula is C10H22NPt+. The third-order valence-corrected chi connectivity index (χ3v) is 1.71. The summed E-state index contributed by atoms with van der Waals surface area (Å²) < 4.78 is 0. The van der Waals surface area contributed by atoms with E-state index < -0.39 is 0 Å². The van der Waals surface area contributed by atoms with Crippen LogP contribution in [0.2, 0.25) is 0 Å². The van der Waals surface area contributed by atoms with Gasteiger partial charge in [-0.05, 0) is 26.9 Å². The fraction of sp³-hybridized carbons (Fsp3) is 0.500. The monoisotopic (exact) mass is 351 g/mol. The zero-order valence-electron chi connectivity index (χ0n) is 8.91. The van der Waals surface area contributed by atoms with E-state index in [1.54, 1.807) is 0 Å². The maximum atomic E-state index is 2.28. The van der Waals surface area contributed by atoms with Gasteiger partial charge in [0.2, 0.25) is 0 Å². The van der Waals surface area contributed by atoms with Gasteiger partial charge >= 0.3 is 21.1 Å². The van der Waals surface area contributed by atoms with Crippen molar-refractivity contribution in [1.82, 2.24) is 4.90 Å². The summed E-state index contributed by atoms with van der Waals surface area (Å²) in [7, 11) is 4.27. The minimum Gasteiger partial charge on any atom is -0.358 e. The Bertz CT molecular complexity index is 92.0. The number of hydrogen-bond acceptors (Lipinski definition) is 1. The molecule has 1 nitrogen and oxygen atoms in total. The summed E-state index contributed by atoms with van der Waals surface area (Å²) in [5.41, 5.74) is 0. The molecule has 0 heterocycles. The van der Waals surface area contributed by atoms with Gasteiger partial charge in [0.25, 0.3) is 0 Å². The van der Waals surface area contributed by atoms with Crippen molar-refractivity contribution in [3.05, 3.63) is 34.4 Å². The molecule has 0 N–H and O–H groups in total. The van der Waals surface area contributed by atoms with Crippen LogP contribution < -0.4 is 0 Å². The Morgan fingerprint density at radius 1 is 1.00 bits per heavy atom. The Labute approximate surface area is 93.5 Å².